The maximum Gasteiger partial charge on any atom is 0.244 e. The summed E-state index contributed by atoms with van der Waals surface area (Å²) >= 11 is 0. The first-order valence-electron chi connectivity index (χ1n) is 9.21. The number of hydrogen-bond donors (Lipinski definition) is 0. The number of nitrogens with zero attached hydrogens (tertiary/aromatic N) is 5. The highest BCUT2D eigenvalue weighted by Crippen LogP contribution is 2.29. The van der Waals surface area contributed by atoms with Crippen molar-refractivity contribution in [3.8, 4) is 0 Å². The zero-order valence-electron chi connectivity index (χ0n) is 14.7. The van der Waals surface area contributed by atoms with Crippen molar-refractivity contribution in [2.75, 3.05) is 18.0 Å². The van der Waals surface area contributed by atoms with Gasteiger partial charge in [-0.25, -0.2) is 4.98 Å². The monoisotopic (exact) mass is 339 g/mol. The highest BCUT2D eigenvalue weighted by molar-refractivity contribution is 5.98. The van der Waals surface area contributed by atoms with E-state index in [9.17, 15) is 4.79 Å². The lowest BCUT2D eigenvalue weighted by Gasteiger charge is -2.36. The summed E-state index contributed by atoms with van der Waals surface area (Å²) in [4.78, 5) is 21.6. The molecule has 0 aliphatic carbocycles. The zero-order valence-corrected chi connectivity index (χ0v) is 14.7. The van der Waals surface area contributed by atoms with Crippen molar-refractivity contribution >= 4 is 11.6 Å². The number of likely N-dealkylation sites (tertiary alicyclic amines) is 1. The van der Waals surface area contributed by atoms with Crippen molar-refractivity contribution in [2.24, 2.45) is 0 Å². The van der Waals surface area contributed by atoms with Gasteiger partial charge in [0.25, 0.3) is 0 Å². The lowest BCUT2D eigenvalue weighted by Crippen LogP contribution is -2.51. The predicted octanol–water partition coefficient (Wildman–Crippen LogP) is 2.11. The molecular formula is C19H25N5O. The first-order valence-corrected chi connectivity index (χ1v) is 9.21. The molecule has 25 heavy (non-hydrogen) atoms. The van der Waals surface area contributed by atoms with E-state index < -0.39 is 0 Å². The first-order chi connectivity index (χ1) is 12.2. The molecule has 0 saturated carbocycles. The van der Waals surface area contributed by atoms with Crippen molar-refractivity contribution < 1.29 is 4.79 Å². The Morgan fingerprint density at radius 3 is 3.00 bits per heavy atom. The topological polar surface area (TPSA) is 54.3 Å². The SMILES string of the molecule is CC(C(=O)N1CCCc2ccccc21)N1CCCC1Cn1cncn1. The average molecular weight is 339 g/mol. The van der Waals surface area contributed by atoms with Crippen molar-refractivity contribution in [1.82, 2.24) is 19.7 Å². The van der Waals surface area contributed by atoms with Crippen LogP contribution >= 0.6 is 0 Å². The number of anilines is 1. The number of para-hydroxylation sites is 1. The van der Waals surface area contributed by atoms with Crippen LogP contribution < -0.4 is 4.90 Å². The molecule has 1 aromatic heterocycles. The van der Waals surface area contributed by atoms with E-state index in [2.05, 4.69) is 40.1 Å². The Bertz CT molecular complexity index is 729. The molecular weight excluding hydrogens is 314 g/mol. The van der Waals surface area contributed by atoms with Crippen molar-refractivity contribution in [3.05, 3.63) is 42.5 Å². The summed E-state index contributed by atoms with van der Waals surface area (Å²) in [5.41, 5.74) is 2.38. The Balaban J connectivity index is 1.50. The summed E-state index contributed by atoms with van der Waals surface area (Å²) in [7, 11) is 0. The normalized spacial score (nSPS) is 22.0. The van der Waals surface area contributed by atoms with Crippen LogP contribution in [0.3, 0.4) is 0 Å². The fourth-order valence-corrected chi connectivity index (χ4v) is 4.24. The molecule has 0 bridgehead atoms. The molecule has 2 aliphatic rings. The van der Waals surface area contributed by atoms with Gasteiger partial charge >= 0.3 is 0 Å². The highest BCUT2D eigenvalue weighted by Gasteiger charge is 2.35. The molecule has 0 N–H and O–H groups in total. The molecule has 1 amide bonds. The molecule has 132 valence electrons. The van der Waals surface area contributed by atoms with Crippen LogP contribution in [0.25, 0.3) is 0 Å². The van der Waals surface area contributed by atoms with Gasteiger partial charge in [0.15, 0.2) is 0 Å². The van der Waals surface area contributed by atoms with E-state index in [1.165, 1.54) is 5.56 Å². The van der Waals surface area contributed by atoms with Gasteiger partial charge in [-0.2, -0.15) is 5.10 Å². The summed E-state index contributed by atoms with van der Waals surface area (Å²) in [5.74, 6) is 0.220. The number of carbonyl (C=O) groups excluding carboxylic acids is 1. The molecule has 2 unspecified atom stereocenters. The third-order valence-corrected chi connectivity index (χ3v) is 5.52. The van der Waals surface area contributed by atoms with Gasteiger partial charge < -0.3 is 4.90 Å². The van der Waals surface area contributed by atoms with E-state index in [0.29, 0.717) is 6.04 Å². The lowest BCUT2D eigenvalue weighted by atomic mass is 10.0. The Morgan fingerprint density at radius 2 is 2.16 bits per heavy atom. The minimum absolute atomic E-state index is 0.109. The minimum atomic E-state index is -0.109. The third-order valence-electron chi connectivity index (χ3n) is 5.52. The molecule has 0 radical (unpaired) electrons. The lowest BCUT2D eigenvalue weighted by molar-refractivity contribution is -0.123. The van der Waals surface area contributed by atoms with E-state index >= 15 is 0 Å². The van der Waals surface area contributed by atoms with Crippen LogP contribution in [0.15, 0.2) is 36.9 Å². The molecule has 2 atom stereocenters. The Hall–Kier alpha value is -2.21. The number of fused-ring (bicyclic) bond motifs is 1. The second-order valence-electron chi connectivity index (χ2n) is 7.05. The van der Waals surface area contributed by atoms with Gasteiger partial charge in [-0.1, -0.05) is 18.2 Å². The Morgan fingerprint density at radius 1 is 1.28 bits per heavy atom. The second-order valence-corrected chi connectivity index (χ2v) is 7.05. The van der Waals surface area contributed by atoms with Gasteiger partial charge in [-0.05, 0) is 50.8 Å². The standard InChI is InChI=1S/C19H25N5O/c1-15(23-10-5-8-17(23)12-22-14-20-13-21-22)19(25)24-11-4-7-16-6-2-3-9-18(16)24/h2-3,6,9,13-15,17H,4-5,7-8,10-12H2,1H3. The van der Waals surface area contributed by atoms with E-state index in [-0.39, 0.29) is 11.9 Å². The summed E-state index contributed by atoms with van der Waals surface area (Å²) < 4.78 is 1.87. The van der Waals surface area contributed by atoms with Gasteiger partial charge in [-0.15, -0.1) is 0 Å². The van der Waals surface area contributed by atoms with Crippen LogP contribution in [-0.2, 0) is 17.8 Å². The average Bonchev–Trinajstić information content (AvgIpc) is 3.32. The molecule has 3 heterocycles. The van der Waals surface area contributed by atoms with Gasteiger partial charge in [-0.3, -0.25) is 14.4 Å². The van der Waals surface area contributed by atoms with Crippen molar-refractivity contribution in [3.63, 3.8) is 0 Å². The Labute approximate surface area is 148 Å². The molecule has 6 heteroatoms. The largest absolute Gasteiger partial charge is 0.311 e. The summed E-state index contributed by atoms with van der Waals surface area (Å²) in [6.45, 7) is 4.65. The molecule has 1 saturated heterocycles. The number of aromatic nitrogens is 3. The number of benzene rings is 1. The van der Waals surface area contributed by atoms with Gasteiger partial charge in [0, 0.05) is 18.3 Å². The van der Waals surface area contributed by atoms with E-state index in [1.54, 1.807) is 12.7 Å². The molecule has 2 aliphatic heterocycles. The predicted molar refractivity (Wildman–Crippen MR) is 96.3 cm³/mol. The van der Waals surface area contributed by atoms with Crippen molar-refractivity contribution in [1.29, 1.82) is 0 Å². The molecule has 2 aromatic rings. The summed E-state index contributed by atoms with van der Waals surface area (Å²) in [5, 5.41) is 4.22. The number of aryl methyl sites for hydroxylation is 1. The van der Waals surface area contributed by atoms with Gasteiger partial charge in [0.05, 0.1) is 12.6 Å². The smallest absolute Gasteiger partial charge is 0.244 e. The van der Waals surface area contributed by atoms with Crippen LogP contribution in [0, 0.1) is 0 Å². The van der Waals surface area contributed by atoms with E-state index in [4.69, 9.17) is 0 Å². The van der Waals surface area contributed by atoms with Gasteiger partial charge in [0.1, 0.15) is 12.7 Å². The fourth-order valence-electron chi connectivity index (χ4n) is 4.24. The number of amides is 1. The number of carbonyl (C=O) groups is 1. The zero-order chi connectivity index (χ0) is 17.2. The maximum absolute atomic E-state index is 13.2. The minimum Gasteiger partial charge on any atom is -0.311 e. The third kappa shape index (κ3) is 3.18. The number of rotatable bonds is 4. The summed E-state index contributed by atoms with van der Waals surface area (Å²) in [6.07, 6.45) is 7.66. The maximum atomic E-state index is 13.2. The molecule has 6 nitrogen and oxygen atoms in total. The molecule has 1 aromatic carbocycles. The molecule has 1 fully saturated rings. The van der Waals surface area contributed by atoms with Crippen LogP contribution in [0.4, 0.5) is 5.69 Å². The quantitative estimate of drug-likeness (QED) is 0.856. The van der Waals surface area contributed by atoms with Crippen molar-refractivity contribution in [2.45, 2.75) is 51.2 Å². The van der Waals surface area contributed by atoms with Crippen LogP contribution in [0.2, 0.25) is 0 Å². The van der Waals surface area contributed by atoms with Crippen LogP contribution in [0.5, 0.6) is 0 Å². The van der Waals surface area contributed by atoms with E-state index in [0.717, 1.165) is 51.0 Å². The molecule has 0 spiro atoms. The number of hydrogen-bond acceptors (Lipinski definition) is 4. The second kappa shape index (κ2) is 6.96. The van der Waals surface area contributed by atoms with Crippen LogP contribution in [-0.4, -0.2) is 50.7 Å². The molecule has 4 rings (SSSR count). The van der Waals surface area contributed by atoms with Gasteiger partial charge in [0.2, 0.25) is 5.91 Å². The van der Waals surface area contributed by atoms with Crippen LogP contribution in [0.1, 0.15) is 31.7 Å². The highest BCUT2D eigenvalue weighted by atomic mass is 16.2. The van der Waals surface area contributed by atoms with E-state index in [1.807, 2.05) is 15.6 Å². The summed E-state index contributed by atoms with van der Waals surface area (Å²) in [6, 6.07) is 8.55. The Kier molecular flexibility index (Phi) is 4.53. The fraction of sp³-hybridized carbons (Fsp3) is 0.526. The first kappa shape index (κ1) is 16.3.